The van der Waals surface area contributed by atoms with Crippen LogP contribution in [0, 0.1) is 0 Å². The topological polar surface area (TPSA) is 370 Å². The van der Waals surface area contributed by atoms with Gasteiger partial charge in [0, 0.05) is 64.8 Å². The summed E-state index contributed by atoms with van der Waals surface area (Å²) in [7, 11) is -30.0. The molecule has 5 rings (SSSR count). The van der Waals surface area contributed by atoms with Crippen LogP contribution in [0.4, 0.5) is 11.4 Å². The summed E-state index contributed by atoms with van der Waals surface area (Å²) in [5, 5.41) is 9.06. The largest absolute Gasteiger partial charge is 0.481 e. The van der Waals surface area contributed by atoms with Gasteiger partial charge in [-0.1, -0.05) is 6.08 Å². The van der Waals surface area contributed by atoms with Gasteiger partial charge in [-0.3, -0.25) is 32.1 Å². The second-order valence-electron chi connectivity index (χ2n) is 16.5. The van der Waals surface area contributed by atoms with Gasteiger partial charge in [-0.25, -0.2) is 0 Å². The first-order valence-electron chi connectivity index (χ1n) is 19.6. The smallest absolute Gasteiger partial charge is 0.303 e. The molecule has 0 bridgehead atoms. The minimum atomic E-state index is -5.37. The van der Waals surface area contributed by atoms with Gasteiger partial charge in [-0.2, -0.15) is 55.1 Å². The van der Waals surface area contributed by atoms with E-state index in [0.29, 0.717) is 48.4 Å². The van der Waals surface area contributed by atoms with Crippen LogP contribution in [-0.4, -0.2) is 124 Å². The highest BCUT2D eigenvalue weighted by Gasteiger charge is 2.49. The molecule has 1 unspecified atom stereocenters. The highest BCUT2D eigenvalue weighted by atomic mass is 32.2. The highest BCUT2D eigenvalue weighted by molar-refractivity contribution is 7.87. The average molecular weight is 1040 g/mol. The Morgan fingerprint density at radius 1 is 0.652 bits per heavy atom. The Kier molecular flexibility index (Phi) is 14.7. The Morgan fingerprint density at radius 3 is 1.76 bits per heavy atom. The highest BCUT2D eigenvalue weighted by Crippen LogP contribution is 2.54. The number of nitrogens with zero attached hydrogens (tertiary/aromatic N) is 2. The molecule has 2 aliphatic rings. The number of fused-ring (bicyclic) bond motifs is 4. The molecule has 0 saturated heterocycles. The number of anilines is 1. The van der Waals surface area contributed by atoms with Gasteiger partial charge in [0.15, 0.2) is 5.71 Å². The Labute approximate surface area is 381 Å². The van der Waals surface area contributed by atoms with Crippen molar-refractivity contribution in [3.8, 4) is 0 Å². The van der Waals surface area contributed by atoms with E-state index >= 15 is 0 Å². The third kappa shape index (κ3) is 11.5. The fourth-order valence-electron chi connectivity index (χ4n) is 8.73. The zero-order chi connectivity index (χ0) is 49.8. The fraction of sp³-hybridized carbons (Fsp3) is 0.421. The minimum Gasteiger partial charge on any atom is -0.481 e. The first-order valence-corrected chi connectivity index (χ1v) is 28.6. The molecule has 0 spiro atoms. The first-order chi connectivity index (χ1) is 30.0. The molecule has 28 heteroatoms. The van der Waals surface area contributed by atoms with Crippen LogP contribution in [0.5, 0.6) is 0 Å². The SMILES string of the molecule is CC1(C)C(C=CC=C2N(CCCS(=O)(=O)O)c3cc(S(=O)(=O)O)cc(S(=O)(=O)O)c3C2(C)CCCS(=O)(=O)O)=[N+](CCCCCC(=O)O)c2ccc3c(S(=O)(=O)O)cc(S(=O)(=O)O)cc3c21. The van der Waals surface area contributed by atoms with E-state index in [9.17, 15) is 87.7 Å². The van der Waals surface area contributed by atoms with E-state index in [1.165, 1.54) is 42.2 Å². The van der Waals surface area contributed by atoms with Crippen LogP contribution in [0.1, 0.15) is 76.8 Å². The van der Waals surface area contributed by atoms with Crippen molar-refractivity contribution in [2.75, 3.05) is 29.5 Å². The molecule has 22 nitrogen and oxygen atoms in total. The summed E-state index contributed by atoms with van der Waals surface area (Å²) in [6, 6.07) is 5.79. The summed E-state index contributed by atoms with van der Waals surface area (Å²) in [5.74, 6) is -2.74. The van der Waals surface area contributed by atoms with Crippen LogP contribution in [0.15, 0.2) is 79.9 Å². The number of aliphatic carboxylic acids is 1. The van der Waals surface area contributed by atoms with E-state index in [1.54, 1.807) is 18.4 Å². The zero-order valence-corrected chi connectivity index (χ0v) is 40.2. The molecule has 0 aromatic heterocycles. The molecule has 3 aromatic rings. The Balaban J connectivity index is 1.81. The number of hydrogen-bond acceptors (Lipinski definition) is 14. The van der Waals surface area contributed by atoms with Crippen LogP contribution in [0.2, 0.25) is 0 Å². The van der Waals surface area contributed by atoms with E-state index in [1.807, 2.05) is 0 Å². The van der Waals surface area contributed by atoms with E-state index in [2.05, 4.69) is 0 Å². The number of rotatable bonds is 20. The molecule has 0 aliphatic carbocycles. The molecule has 1 atom stereocenters. The molecule has 0 fully saturated rings. The van der Waals surface area contributed by atoms with E-state index in [-0.39, 0.29) is 53.5 Å². The van der Waals surface area contributed by atoms with Crippen LogP contribution in [0.25, 0.3) is 10.8 Å². The molecule has 2 aliphatic heterocycles. The number of carbonyl (C=O) groups is 1. The summed E-state index contributed by atoms with van der Waals surface area (Å²) in [5.41, 5.74) is -2.39. The summed E-state index contributed by atoms with van der Waals surface area (Å²) in [6.45, 7) is 4.53. The van der Waals surface area contributed by atoms with Gasteiger partial charge < -0.3 is 10.0 Å². The lowest BCUT2D eigenvalue weighted by molar-refractivity contribution is -0.438. The van der Waals surface area contributed by atoms with E-state index in [0.717, 1.165) is 12.1 Å². The zero-order valence-electron chi connectivity index (χ0n) is 35.3. The number of unbranched alkanes of at least 4 members (excludes halogenated alkanes) is 2. The van der Waals surface area contributed by atoms with Gasteiger partial charge in [0.05, 0.1) is 26.7 Å². The molecule has 7 N–H and O–H groups in total. The summed E-state index contributed by atoms with van der Waals surface area (Å²) in [6.07, 6.45) is 4.17. The number of hydrogen-bond donors (Lipinski definition) is 7. The molecule has 2 heterocycles. The van der Waals surface area contributed by atoms with Gasteiger partial charge in [0.1, 0.15) is 16.3 Å². The maximum atomic E-state index is 13.0. The lowest BCUT2D eigenvalue weighted by Gasteiger charge is -2.31. The van der Waals surface area contributed by atoms with Crippen molar-refractivity contribution in [1.82, 2.24) is 0 Å². The van der Waals surface area contributed by atoms with Gasteiger partial charge >= 0.3 is 5.97 Å². The third-order valence-electron chi connectivity index (χ3n) is 11.4. The molecule has 364 valence electrons. The molecule has 0 saturated carbocycles. The molecule has 0 amide bonds. The van der Waals surface area contributed by atoms with Crippen molar-refractivity contribution in [2.24, 2.45) is 0 Å². The maximum absolute atomic E-state index is 13.0. The van der Waals surface area contributed by atoms with E-state index in [4.69, 9.17) is 0 Å². The standard InChI is InChI=1S/C38H46N2O20S6/c1-37(2)32(39(16-6-4-5-12-34(41)42)28-14-13-26-27(35(28)37)20-24(63(49,50)51)22-30(26)65(55,56)57)10-7-11-33-38(3,15-8-18-61(43,44)45)36-29(40(33)17-9-19-62(46,47)48)21-25(64(52,53)54)23-31(36)66(58,59)60/h7,10-11,13-14,20-23H,4-6,8-9,12,15-19H2,1-3H3,(H6-,41,42,43,44,45,46,47,48,49,50,51,52,53,54,55,56,57,58,59,60)/p+1. The predicted molar refractivity (Wildman–Crippen MR) is 237 cm³/mol. The number of carboxylic acid groups (broad SMARTS) is 1. The number of benzene rings is 3. The van der Waals surface area contributed by atoms with Crippen LogP contribution >= 0.6 is 0 Å². The number of carboxylic acids is 1. The van der Waals surface area contributed by atoms with Gasteiger partial charge in [0.2, 0.25) is 5.69 Å². The minimum absolute atomic E-state index is 0.00655. The summed E-state index contributed by atoms with van der Waals surface area (Å²) in [4.78, 5) is 8.77. The molecule has 3 aromatic carbocycles. The summed E-state index contributed by atoms with van der Waals surface area (Å²) < 4.78 is 210. The third-order valence-corrected chi connectivity index (χ3v) is 16.5. The number of allylic oxidation sites excluding steroid dienone is 4. The van der Waals surface area contributed by atoms with Crippen molar-refractivity contribution in [2.45, 2.75) is 96.1 Å². The van der Waals surface area contributed by atoms with Crippen molar-refractivity contribution in [3.05, 3.63) is 71.5 Å². The Hall–Kier alpha value is -4.20. The van der Waals surface area contributed by atoms with Crippen molar-refractivity contribution < 1.29 is 92.3 Å². The monoisotopic (exact) mass is 1040 g/mol. The van der Waals surface area contributed by atoms with Crippen LogP contribution < -0.4 is 4.90 Å². The average Bonchev–Trinajstić information content (AvgIpc) is 3.50. The molecule has 0 radical (unpaired) electrons. The van der Waals surface area contributed by atoms with Crippen LogP contribution in [0.3, 0.4) is 0 Å². The second-order valence-corrected chi connectivity index (χ2v) is 25.2. The first kappa shape index (κ1) is 52.8. The fourth-order valence-corrected chi connectivity index (χ4v) is 12.5. The normalized spacial score (nSPS) is 18.7. The van der Waals surface area contributed by atoms with Crippen molar-refractivity contribution >= 4 is 94.5 Å². The Bertz CT molecular complexity index is 3310. The molecular formula is C38H47N2O20S6+. The van der Waals surface area contributed by atoms with Gasteiger partial charge in [-0.05, 0) is 94.7 Å². The van der Waals surface area contributed by atoms with Crippen molar-refractivity contribution in [1.29, 1.82) is 0 Å². The van der Waals surface area contributed by atoms with Gasteiger partial charge in [-0.15, -0.1) is 0 Å². The lowest BCUT2D eigenvalue weighted by atomic mass is 9.77. The van der Waals surface area contributed by atoms with Gasteiger partial charge in [0.25, 0.3) is 60.7 Å². The molecule has 66 heavy (non-hydrogen) atoms. The van der Waals surface area contributed by atoms with E-state index < -0.39 is 122 Å². The van der Waals surface area contributed by atoms with Crippen molar-refractivity contribution in [3.63, 3.8) is 0 Å². The maximum Gasteiger partial charge on any atom is 0.303 e. The quantitative estimate of drug-likeness (QED) is 0.0477. The molecular weight excluding hydrogens is 997 g/mol. The summed E-state index contributed by atoms with van der Waals surface area (Å²) >= 11 is 0. The second kappa shape index (κ2) is 18.4. The predicted octanol–water partition coefficient (Wildman–Crippen LogP) is 4.01. The lowest BCUT2D eigenvalue weighted by Crippen LogP contribution is -2.31. The van der Waals surface area contributed by atoms with Crippen LogP contribution in [-0.2, 0) is 76.3 Å². The Morgan fingerprint density at radius 2 is 1.21 bits per heavy atom.